The Bertz CT molecular complexity index is 736. The summed E-state index contributed by atoms with van der Waals surface area (Å²) in [4.78, 5) is 25.1. The lowest BCUT2D eigenvalue weighted by Crippen LogP contribution is -2.25. The van der Waals surface area contributed by atoms with Crippen molar-refractivity contribution in [2.24, 2.45) is 0 Å². The van der Waals surface area contributed by atoms with Gasteiger partial charge in [-0.2, -0.15) is 0 Å². The Kier molecular flexibility index (Phi) is 6.65. The van der Waals surface area contributed by atoms with Gasteiger partial charge in [0.2, 0.25) is 0 Å². The number of rotatable bonds is 6. The zero-order valence-electron chi connectivity index (χ0n) is 15.0. The quantitative estimate of drug-likeness (QED) is 0.619. The first-order chi connectivity index (χ1) is 11.9. The van der Waals surface area contributed by atoms with E-state index >= 15 is 0 Å². The average molecular weight is 357 g/mol. The second-order valence-electron chi connectivity index (χ2n) is 6.00. The highest BCUT2D eigenvalue weighted by Gasteiger charge is 2.18. The van der Waals surface area contributed by atoms with Crippen LogP contribution >= 0.6 is 11.8 Å². The first-order valence-corrected chi connectivity index (χ1v) is 9.01. The molecule has 0 bridgehead atoms. The summed E-state index contributed by atoms with van der Waals surface area (Å²) in [7, 11) is 0. The van der Waals surface area contributed by atoms with Gasteiger partial charge in [-0.15, -0.1) is 11.8 Å². The van der Waals surface area contributed by atoms with E-state index in [0.717, 1.165) is 27.3 Å². The lowest BCUT2D eigenvalue weighted by Gasteiger charge is -2.14. The number of aryl methyl sites for hydroxylation is 3. The first kappa shape index (κ1) is 19.1. The van der Waals surface area contributed by atoms with E-state index in [-0.39, 0.29) is 17.8 Å². The van der Waals surface area contributed by atoms with Crippen LogP contribution in [0, 0.1) is 20.8 Å². The molecule has 25 heavy (non-hydrogen) atoms. The van der Waals surface area contributed by atoms with Crippen LogP contribution in [0.3, 0.4) is 0 Å². The van der Waals surface area contributed by atoms with E-state index in [1.54, 1.807) is 6.92 Å². The molecule has 0 aromatic heterocycles. The van der Waals surface area contributed by atoms with Crippen molar-refractivity contribution in [2.45, 2.75) is 37.8 Å². The van der Waals surface area contributed by atoms with E-state index in [4.69, 9.17) is 4.74 Å². The molecule has 0 saturated carbocycles. The van der Waals surface area contributed by atoms with Crippen molar-refractivity contribution in [2.75, 3.05) is 11.9 Å². The molecular weight excluding hydrogens is 334 g/mol. The Morgan fingerprint density at radius 3 is 2.28 bits per heavy atom. The molecule has 0 aliphatic rings. The lowest BCUT2D eigenvalue weighted by atomic mass is 10.1. The van der Waals surface area contributed by atoms with Crippen LogP contribution in [0.1, 0.15) is 23.6 Å². The van der Waals surface area contributed by atoms with Crippen LogP contribution in [0.2, 0.25) is 0 Å². The van der Waals surface area contributed by atoms with Gasteiger partial charge in [-0.05, 0) is 51.0 Å². The Morgan fingerprint density at radius 1 is 1.08 bits per heavy atom. The summed E-state index contributed by atoms with van der Waals surface area (Å²) in [6, 6.07) is 13.6. The van der Waals surface area contributed by atoms with Gasteiger partial charge in [0.1, 0.15) is 5.25 Å². The fourth-order valence-corrected chi connectivity index (χ4v) is 3.44. The number of carbonyl (C=O) groups excluding carboxylic acids is 2. The average Bonchev–Trinajstić information content (AvgIpc) is 2.56. The Balaban J connectivity index is 1.86. The molecule has 0 unspecified atom stereocenters. The van der Waals surface area contributed by atoms with Crippen LogP contribution in [0.25, 0.3) is 0 Å². The molecule has 0 spiro atoms. The van der Waals surface area contributed by atoms with Crippen LogP contribution < -0.4 is 5.32 Å². The molecule has 0 radical (unpaired) electrons. The Hall–Kier alpha value is -2.27. The first-order valence-electron chi connectivity index (χ1n) is 8.13. The number of hydrogen-bond acceptors (Lipinski definition) is 4. The van der Waals surface area contributed by atoms with Crippen molar-refractivity contribution in [1.82, 2.24) is 0 Å². The van der Waals surface area contributed by atoms with E-state index in [2.05, 4.69) is 5.32 Å². The van der Waals surface area contributed by atoms with E-state index in [9.17, 15) is 9.59 Å². The molecular formula is C20H23NO3S. The van der Waals surface area contributed by atoms with Gasteiger partial charge in [-0.25, -0.2) is 0 Å². The molecule has 5 heteroatoms. The van der Waals surface area contributed by atoms with Gasteiger partial charge in [-0.1, -0.05) is 35.9 Å². The predicted octanol–water partition coefficient (Wildman–Crippen LogP) is 4.27. The Morgan fingerprint density at radius 2 is 1.68 bits per heavy atom. The number of ether oxygens (including phenoxy) is 1. The molecule has 1 atom stereocenters. The van der Waals surface area contributed by atoms with Crippen molar-refractivity contribution in [3.8, 4) is 0 Å². The summed E-state index contributed by atoms with van der Waals surface area (Å²) >= 11 is 1.41. The normalized spacial score (nSPS) is 11.7. The molecule has 0 aliphatic carbocycles. The van der Waals surface area contributed by atoms with E-state index < -0.39 is 5.97 Å². The van der Waals surface area contributed by atoms with Crippen molar-refractivity contribution >= 4 is 29.3 Å². The third-order valence-electron chi connectivity index (χ3n) is 3.67. The number of hydrogen-bond donors (Lipinski definition) is 1. The topological polar surface area (TPSA) is 55.4 Å². The van der Waals surface area contributed by atoms with Gasteiger partial charge in [0.25, 0.3) is 5.91 Å². The second-order valence-corrected chi connectivity index (χ2v) is 7.42. The van der Waals surface area contributed by atoms with Crippen molar-refractivity contribution in [1.29, 1.82) is 0 Å². The minimum Gasteiger partial charge on any atom is -0.455 e. The lowest BCUT2D eigenvalue weighted by molar-refractivity contribution is -0.146. The van der Waals surface area contributed by atoms with Gasteiger partial charge >= 0.3 is 5.97 Å². The van der Waals surface area contributed by atoms with Gasteiger partial charge in [0.05, 0.1) is 0 Å². The number of nitrogens with one attached hydrogen (secondary N) is 1. The van der Waals surface area contributed by atoms with Crippen molar-refractivity contribution in [3.63, 3.8) is 0 Å². The standard InChI is InChI=1S/C20H23NO3S/c1-13-10-14(2)19(15(3)11-13)21-18(22)12-24-20(23)16(4)25-17-8-6-5-7-9-17/h5-11,16H,12H2,1-4H3,(H,21,22)/t16-/m0/s1. The number of amides is 1. The highest BCUT2D eigenvalue weighted by molar-refractivity contribution is 8.00. The van der Waals surface area contributed by atoms with Crippen LogP contribution in [-0.4, -0.2) is 23.7 Å². The maximum Gasteiger partial charge on any atom is 0.319 e. The molecule has 2 rings (SSSR count). The monoisotopic (exact) mass is 357 g/mol. The molecule has 2 aromatic carbocycles. The summed E-state index contributed by atoms with van der Waals surface area (Å²) < 4.78 is 5.14. The van der Waals surface area contributed by atoms with Crippen LogP contribution in [0.15, 0.2) is 47.4 Å². The number of carbonyl (C=O) groups is 2. The van der Waals surface area contributed by atoms with E-state index in [0.29, 0.717) is 0 Å². The van der Waals surface area contributed by atoms with E-state index in [1.165, 1.54) is 11.8 Å². The molecule has 0 aliphatic heterocycles. The molecule has 4 nitrogen and oxygen atoms in total. The fraction of sp³-hybridized carbons (Fsp3) is 0.300. The third kappa shape index (κ3) is 5.64. The number of benzene rings is 2. The zero-order valence-corrected chi connectivity index (χ0v) is 15.8. The largest absolute Gasteiger partial charge is 0.455 e. The zero-order chi connectivity index (χ0) is 18.4. The number of esters is 1. The van der Waals surface area contributed by atoms with Gasteiger partial charge in [0.15, 0.2) is 6.61 Å². The number of anilines is 1. The maximum atomic E-state index is 12.1. The highest BCUT2D eigenvalue weighted by Crippen LogP contribution is 2.24. The summed E-state index contributed by atoms with van der Waals surface area (Å²) in [5.41, 5.74) is 3.90. The van der Waals surface area contributed by atoms with Crippen molar-refractivity contribution in [3.05, 3.63) is 59.2 Å². The Labute approximate surface area is 153 Å². The van der Waals surface area contributed by atoms with Crippen LogP contribution in [0.4, 0.5) is 5.69 Å². The molecule has 0 saturated heterocycles. The summed E-state index contributed by atoms with van der Waals surface area (Å²) in [5, 5.41) is 2.45. The predicted molar refractivity (Wildman–Crippen MR) is 102 cm³/mol. The maximum absolute atomic E-state index is 12.1. The van der Waals surface area contributed by atoms with Gasteiger partial charge in [-0.3, -0.25) is 9.59 Å². The summed E-state index contributed by atoms with van der Waals surface area (Å²) in [6.45, 7) is 7.39. The van der Waals surface area contributed by atoms with Crippen molar-refractivity contribution < 1.29 is 14.3 Å². The molecule has 0 fully saturated rings. The highest BCUT2D eigenvalue weighted by atomic mass is 32.2. The van der Waals surface area contributed by atoms with Crippen LogP contribution in [-0.2, 0) is 14.3 Å². The van der Waals surface area contributed by atoms with E-state index in [1.807, 2.05) is 63.2 Å². The SMILES string of the molecule is Cc1cc(C)c(NC(=O)COC(=O)[C@H](C)Sc2ccccc2)c(C)c1. The molecule has 2 aromatic rings. The smallest absolute Gasteiger partial charge is 0.319 e. The third-order valence-corrected chi connectivity index (χ3v) is 4.77. The molecule has 0 heterocycles. The van der Waals surface area contributed by atoms with Gasteiger partial charge in [0, 0.05) is 10.6 Å². The minimum atomic E-state index is -0.402. The second kappa shape index (κ2) is 8.72. The molecule has 132 valence electrons. The number of thioether (sulfide) groups is 1. The fourth-order valence-electron chi connectivity index (χ4n) is 2.56. The van der Waals surface area contributed by atoms with Crippen LogP contribution in [0.5, 0.6) is 0 Å². The minimum absolute atomic E-state index is 0.286. The molecule has 1 amide bonds. The molecule has 1 N–H and O–H groups in total. The summed E-state index contributed by atoms with van der Waals surface area (Å²) in [5.74, 6) is -0.735. The van der Waals surface area contributed by atoms with Gasteiger partial charge < -0.3 is 10.1 Å². The summed E-state index contributed by atoms with van der Waals surface area (Å²) in [6.07, 6.45) is 0.